The number of benzene rings is 2. The first-order valence-electron chi connectivity index (χ1n) is 9.55. The fraction of sp³-hybridized carbons (Fsp3) is 0.238. The van der Waals surface area contributed by atoms with E-state index in [-0.39, 0.29) is 11.7 Å². The van der Waals surface area contributed by atoms with Crippen molar-refractivity contribution in [2.75, 3.05) is 36.4 Å². The number of nitrogens with one attached hydrogen (secondary N) is 1. The maximum absolute atomic E-state index is 12.8. The second-order valence-corrected chi connectivity index (χ2v) is 8.12. The van der Waals surface area contributed by atoms with Gasteiger partial charge in [0.1, 0.15) is 11.4 Å². The Labute approximate surface area is 187 Å². The molecule has 1 amide bonds. The number of amides is 1. The molecule has 162 valence electrons. The topological polar surface area (TPSA) is 57.7 Å². The summed E-state index contributed by atoms with van der Waals surface area (Å²) in [6, 6.07) is 13.8. The number of hydrogen-bond donors (Lipinski definition) is 1. The van der Waals surface area contributed by atoms with Gasteiger partial charge in [-0.15, -0.1) is 11.3 Å². The molecule has 0 bridgehead atoms. The number of halogens is 3. The Morgan fingerprint density at radius 3 is 2.39 bits per heavy atom. The van der Waals surface area contributed by atoms with Gasteiger partial charge in [-0.1, -0.05) is 11.6 Å². The van der Waals surface area contributed by atoms with Crippen molar-refractivity contribution < 1.29 is 18.3 Å². The molecule has 1 fully saturated rings. The molecule has 1 aliphatic heterocycles. The summed E-state index contributed by atoms with van der Waals surface area (Å²) >= 11 is 7.25. The van der Waals surface area contributed by atoms with E-state index in [0.717, 1.165) is 18.8 Å². The molecule has 3 aromatic rings. The Hall–Kier alpha value is -2.91. The first kappa shape index (κ1) is 21.3. The highest BCUT2D eigenvalue weighted by atomic mass is 35.5. The molecule has 0 aliphatic carbocycles. The van der Waals surface area contributed by atoms with Crippen molar-refractivity contribution >= 4 is 45.4 Å². The zero-order valence-corrected chi connectivity index (χ0v) is 17.9. The number of aromatic nitrogens is 1. The summed E-state index contributed by atoms with van der Waals surface area (Å²) in [6.07, 6.45) is 0. The van der Waals surface area contributed by atoms with Gasteiger partial charge in [-0.05, 0) is 48.5 Å². The minimum absolute atomic E-state index is 0.0771. The van der Waals surface area contributed by atoms with E-state index in [1.54, 1.807) is 22.4 Å². The lowest BCUT2D eigenvalue weighted by atomic mass is 10.2. The molecule has 10 heteroatoms. The Balaban J connectivity index is 1.32. The average Bonchev–Trinajstić information content (AvgIpc) is 3.23. The van der Waals surface area contributed by atoms with Gasteiger partial charge in [0.2, 0.25) is 0 Å². The molecule has 0 atom stereocenters. The fourth-order valence-electron chi connectivity index (χ4n) is 3.25. The largest absolute Gasteiger partial charge is 0.435 e. The Morgan fingerprint density at radius 1 is 1.06 bits per heavy atom. The summed E-state index contributed by atoms with van der Waals surface area (Å²) < 4.78 is 28.8. The lowest BCUT2D eigenvalue weighted by Crippen LogP contribution is -2.48. The van der Waals surface area contributed by atoms with Crippen LogP contribution in [0.25, 0.3) is 0 Å². The molecule has 6 nitrogen and oxygen atoms in total. The van der Waals surface area contributed by atoms with Gasteiger partial charge in [-0.3, -0.25) is 4.79 Å². The molecule has 2 aromatic carbocycles. The van der Waals surface area contributed by atoms with Crippen molar-refractivity contribution in [2.24, 2.45) is 0 Å². The minimum Gasteiger partial charge on any atom is -0.435 e. The van der Waals surface area contributed by atoms with Crippen LogP contribution in [0, 0.1) is 0 Å². The van der Waals surface area contributed by atoms with Crippen LogP contribution < -0.4 is 15.0 Å². The van der Waals surface area contributed by atoms with E-state index in [9.17, 15) is 13.6 Å². The number of anilines is 3. The van der Waals surface area contributed by atoms with E-state index in [2.05, 4.69) is 19.9 Å². The Kier molecular flexibility index (Phi) is 6.53. The van der Waals surface area contributed by atoms with Crippen molar-refractivity contribution in [1.29, 1.82) is 0 Å². The number of hydrogen-bond acceptors (Lipinski definition) is 6. The van der Waals surface area contributed by atoms with Crippen molar-refractivity contribution in [3.05, 3.63) is 64.6 Å². The number of alkyl halides is 2. The predicted molar refractivity (Wildman–Crippen MR) is 118 cm³/mol. The van der Waals surface area contributed by atoms with E-state index in [1.165, 1.54) is 23.5 Å². The molecule has 1 aromatic heterocycles. The average molecular weight is 465 g/mol. The van der Waals surface area contributed by atoms with Gasteiger partial charge in [-0.25, -0.2) is 4.98 Å². The van der Waals surface area contributed by atoms with Crippen LogP contribution in [0.3, 0.4) is 0 Å². The highest BCUT2D eigenvalue weighted by Crippen LogP contribution is 2.25. The zero-order valence-electron chi connectivity index (χ0n) is 16.3. The standard InChI is InChI=1S/C21H19ClF2N4O2S/c22-14-1-5-16(6-2-14)27-9-11-28(12-10-27)19(29)18-13-31-21(26-18)25-15-3-7-17(8-4-15)30-20(23)24/h1-8,13,20H,9-12H2,(H,25,26). The Morgan fingerprint density at radius 2 is 1.74 bits per heavy atom. The van der Waals surface area contributed by atoms with E-state index in [1.807, 2.05) is 24.3 Å². The number of thiazole rings is 1. The van der Waals surface area contributed by atoms with Crippen LogP contribution >= 0.6 is 22.9 Å². The minimum atomic E-state index is -2.86. The molecule has 4 rings (SSSR count). The van der Waals surface area contributed by atoms with Gasteiger partial charge >= 0.3 is 6.61 Å². The van der Waals surface area contributed by atoms with Crippen molar-refractivity contribution in [2.45, 2.75) is 6.61 Å². The zero-order chi connectivity index (χ0) is 21.8. The molecule has 0 spiro atoms. The van der Waals surface area contributed by atoms with Crippen molar-refractivity contribution in [1.82, 2.24) is 9.88 Å². The maximum Gasteiger partial charge on any atom is 0.387 e. The van der Waals surface area contributed by atoms with Crippen LogP contribution in [0.1, 0.15) is 10.5 Å². The van der Waals surface area contributed by atoms with Crippen LogP contribution in [0.5, 0.6) is 5.75 Å². The van der Waals surface area contributed by atoms with E-state index in [0.29, 0.717) is 34.6 Å². The summed E-state index contributed by atoms with van der Waals surface area (Å²) in [5.41, 5.74) is 2.12. The number of piperazine rings is 1. The van der Waals surface area contributed by atoms with E-state index in [4.69, 9.17) is 11.6 Å². The van der Waals surface area contributed by atoms with Crippen LogP contribution in [0.15, 0.2) is 53.9 Å². The van der Waals surface area contributed by atoms with Crippen LogP contribution in [0.2, 0.25) is 5.02 Å². The Bertz CT molecular complexity index is 1020. The monoisotopic (exact) mass is 464 g/mol. The highest BCUT2D eigenvalue weighted by molar-refractivity contribution is 7.14. The number of rotatable bonds is 6. The number of nitrogens with zero attached hydrogens (tertiary/aromatic N) is 3. The van der Waals surface area contributed by atoms with Crippen LogP contribution in [-0.2, 0) is 0 Å². The quantitative estimate of drug-likeness (QED) is 0.549. The van der Waals surface area contributed by atoms with Crippen molar-refractivity contribution in [3.63, 3.8) is 0 Å². The molecular weight excluding hydrogens is 446 g/mol. The molecule has 31 heavy (non-hydrogen) atoms. The van der Waals surface area contributed by atoms with Crippen LogP contribution in [0.4, 0.5) is 25.3 Å². The first-order valence-corrected chi connectivity index (χ1v) is 10.8. The van der Waals surface area contributed by atoms with E-state index >= 15 is 0 Å². The lowest BCUT2D eigenvalue weighted by molar-refractivity contribution is -0.0498. The first-order chi connectivity index (χ1) is 15.0. The molecule has 1 saturated heterocycles. The van der Waals surface area contributed by atoms with Gasteiger partial charge < -0.3 is 19.9 Å². The van der Waals surface area contributed by atoms with Gasteiger partial charge in [0.25, 0.3) is 5.91 Å². The van der Waals surface area contributed by atoms with Crippen molar-refractivity contribution in [3.8, 4) is 5.75 Å². The summed E-state index contributed by atoms with van der Waals surface area (Å²) in [6.45, 7) is -0.189. The summed E-state index contributed by atoms with van der Waals surface area (Å²) in [7, 11) is 0. The molecule has 1 N–H and O–H groups in total. The molecule has 1 aliphatic rings. The van der Waals surface area contributed by atoms with Gasteiger partial charge in [-0.2, -0.15) is 8.78 Å². The summed E-state index contributed by atoms with van der Waals surface area (Å²) in [5, 5.41) is 6.03. The molecule has 0 saturated carbocycles. The maximum atomic E-state index is 12.8. The number of ether oxygens (including phenoxy) is 1. The predicted octanol–water partition coefficient (Wildman–Crippen LogP) is 5.10. The third-order valence-corrected chi connectivity index (χ3v) is 5.82. The summed E-state index contributed by atoms with van der Waals surface area (Å²) in [4.78, 5) is 21.2. The second kappa shape index (κ2) is 9.49. The second-order valence-electron chi connectivity index (χ2n) is 6.82. The molecule has 0 unspecified atom stereocenters. The van der Waals surface area contributed by atoms with Crippen LogP contribution in [-0.4, -0.2) is 48.6 Å². The lowest BCUT2D eigenvalue weighted by Gasteiger charge is -2.35. The smallest absolute Gasteiger partial charge is 0.387 e. The summed E-state index contributed by atoms with van der Waals surface area (Å²) in [5.74, 6) is -0.0333. The number of carbonyl (C=O) groups excluding carboxylic acids is 1. The number of carbonyl (C=O) groups is 1. The van der Waals surface area contributed by atoms with Gasteiger partial charge in [0.05, 0.1) is 0 Å². The molecule has 2 heterocycles. The van der Waals surface area contributed by atoms with Gasteiger partial charge in [0, 0.05) is 48.0 Å². The third kappa shape index (κ3) is 5.42. The highest BCUT2D eigenvalue weighted by Gasteiger charge is 2.24. The van der Waals surface area contributed by atoms with E-state index < -0.39 is 6.61 Å². The fourth-order valence-corrected chi connectivity index (χ4v) is 4.08. The third-order valence-electron chi connectivity index (χ3n) is 4.81. The normalized spacial score (nSPS) is 14.1. The van der Waals surface area contributed by atoms with Gasteiger partial charge in [0.15, 0.2) is 5.13 Å². The molecule has 0 radical (unpaired) electrons. The molecular formula is C21H19ClF2N4O2S. The SMILES string of the molecule is O=C(c1csc(Nc2ccc(OC(F)F)cc2)n1)N1CCN(c2ccc(Cl)cc2)CC1.